The van der Waals surface area contributed by atoms with E-state index in [2.05, 4.69) is 0 Å². The lowest BCUT2D eigenvalue weighted by Gasteiger charge is -2.06. The molecule has 2 rings (SSSR count). The van der Waals surface area contributed by atoms with Crippen molar-refractivity contribution in [1.82, 2.24) is 4.57 Å². The maximum absolute atomic E-state index is 12.0. The fourth-order valence-corrected chi connectivity index (χ4v) is 3.13. The summed E-state index contributed by atoms with van der Waals surface area (Å²) in [4.78, 5) is 36.2. The largest absolute Gasteiger partial charge is 0.457 e. The van der Waals surface area contributed by atoms with Gasteiger partial charge in [-0.3, -0.25) is 14.4 Å². The molecular weight excluding hydrogens is 334 g/mol. The van der Waals surface area contributed by atoms with Crippen molar-refractivity contribution in [2.45, 2.75) is 24.8 Å². The van der Waals surface area contributed by atoms with Gasteiger partial charge in [0.15, 0.2) is 12.4 Å². The van der Waals surface area contributed by atoms with Crippen LogP contribution in [0.15, 0.2) is 39.3 Å². The Morgan fingerprint density at radius 2 is 1.96 bits per heavy atom. The number of ether oxygens (including phenoxy) is 1. The zero-order valence-electron chi connectivity index (χ0n) is 12.9. The molecule has 122 valence electrons. The van der Waals surface area contributed by atoms with Crippen LogP contribution in [-0.4, -0.2) is 29.2 Å². The number of aryl methyl sites for hydroxylation is 1. The van der Waals surface area contributed by atoms with Crippen LogP contribution >= 0.6 is 23.1 Å². The van der Waals surface area contributed by atoms with Crippen molar-refractivity contribution in [3.05, 3.63) is 50.6 Å². The van der Waals surface area contributed by atoms with Gasteiger partial charge in [-0.1, -0.05) is 23.5 Å². The van der Waals surface area contributed by atoms with Gasteiger partial charge < -0.3 is 9.30 Å². The number of benzene rings is 1. The first-order valence-corrected chi connectivity index (χ1v) is 9.09. The molecule has 2 aromatic rings. The Bertz CT molecular complexity index is 746. The molecule has 0 aliphatic carbocycles. The lowest BCUT2D eigenvalue weighted by Crippen LogP contribution is -2.19. The van der Waals surface area contributed by atoms with Crippen LogP contribution in [-0.2, 0) is 16.1 Å². The number of nitrogens with zero attached hydrogens (tertiary/aromatic N) is 1. The molecule has 0 unspecified atom stereocenters. The fourth-order valence-electron chi connectivity index (χ4n) is 1.96. The summed E-state index contributed by atoms with van der Waals surface area (Å²) >= 11 is 2.69. The minimum absolute atomic E-state index is 0.0656. The first kappa shape index (κ1) is 17.5. The zero-order chi connectivity index (χ0) is 16.8. The number of ketones is 1. The minimum atomic E-state index is -0.489. The molecule has 0 aliphatic rings. The van der Waals surface area contributed by atoms with Crippen LogP contribution < -0.4 is 4.87 Å². The van der Waals surface area contributed by atoms with Crippen molar-refractivity contribution in [1.29, 1.82) is 0 Å². The normalized spacial score (nSPS) is 10.5. The summed E-state index contributed by atoms with van der Waals surface area (Å²) < 4.78 is 6.51. The highest BCUT2D eigenvalue weighted by Crippen LogP contribution is 2.15. The molecule has 5 nitrogen and oxygen atoms in total. The Kier molecular flexibility index (Phi) is 6.18. The number of carbonyl (C=O) groups is 2. The summed E-state index contributed by atoms with van der Waals surface area (Å²) in [6.45, 7) is 1.80. The van der Waals surface area contributed by atoms with Crippen LogP contribution in [0.5, 0.6) is 0 Å². The van der Waals surface area contributed by atoms with Gasteiger partial charge in [0.25, 0.3) is 0 Å². The van der Waals surface area contributed by atoms with Crippen LogP contribution in [0.25, 0.3) is 0 Å². The molecule has 0 spiro atoms. The zero-order valence-corrected chi connectivity index (χ0v) is 14.5. The molecule has 0 bridgehead atoms. The molecule has 0 aliphatic heterocycles. The van der Waals surface area contributed by atoms with Gasteiger partial charge in [0.2, 0.25) is 0 Å². The van der Waals surface area contributed by atoms with Gasteiger partial charge in [-0.2, -0.15) is 0 Å². The third kappa shape index (κ3) is 4.80. The van der Waals surface area contributed by atoms with Gasteiger partial charge in [0.05, 0.1) is 6.42 Å². The fraction of sp³-hybridized carbons (Fsp3) is 0.312. The average molecular weight is 351 g/mol. The average Bonchev–Trinajstić information content (AvgIpc) is 2.89. The van der Waals surface area contributed by atoms with Gasteiger partial charge in [-0.05, 0) is 25.3 Å². The molecular formula is C16H17NO4S2. The molecule has 0 saturated carbocycles. The number of thioether (sulfide) groups is 1. The number of thiazole rings is 1. The number of Topliss-reactive ketones (excluding diaryl/α,β-unsaturated/α-hetero) is 1. The molecule has 0 N–H and O–H groups in total. The van der Waals surface area contributed by atoms with E-state index in [9.17, 15) is 14.4 Å². The summed E-state index contributed by atoms with van der Waals surface area (Å²) in [5.74, 6) is -0.730. The van der Waals surface area contributed by atoms with E-state index in [0.717, 1.165) is 21.9 Å². The van der Waals surface area contributed by atoms with Crippen LogP contribution in [0.3, 0.4) is 0 Å². The van der Waals surface area contributed by atoms with Crippen molar-refractivity contribution in [2.75, 3.05) is 12.9 Å². The number of hydrogen-bond donors (Lipinski definition) is 0. The van der Waals surface area contributed by atoms with E-state index in [0.29, 0.717) is 5.56 Å². The molecule has 0 radical (unpaired) electrons. The molecule has 23 heavy (non-hydrogen) atoms. The van der Waals surface area contributed by atoms with E-state index in [4.69, 9.17) is 4.74 Å². The quantitative estimate of drug-likeness (QED) is 0.436. The highest BCUT2D eigenvalue weighted by molar-refractivity contribution is 7.98. The second kappa shape index (κ2) is 8.12. The lowest BCUT2D eigenvalue weighted by molar-refractivity contribution is -0.142. The first-order chi connectivity index (χ1) is 11.0. The third-order valence-electron chi connectivity index (χ3n) is 3.29. The van der Waals surface area contributed by atoms with Gasteiger partial charge >= 0.3 is 10.8 Å². The summed E-state index contributed by atoms with van der Waals surface area (Å²) in [6, 6.07) is 7.14. The summed E-state index contributed by atoms with van der Waals surface area (Å²) in [5.41, 5.74) is 1.33. The van der Waals surface area contributed by atoms with Crippen molar-refractivity contribution >= 4 is 34.9 Å². The van der Waals surface area contributed by atoms with Crippen molar-refractivity contribution in [3.8, 4) is 0 Å². The highest BCUT2D eigenvalue weighted by atomic mass is 32.2. The van der Waals surface area contributed by atoms with Gasteiger partial charge in [-0.15, -0.1) is 11.8 Å². The van der Waals surface area contributed by atoms with E-state index in [1.54, 1.807) is 29.3 Å². The standard InChI is InChI=1S/C16H17NO4S2/c1-11-10-23-16(20)17(11)8-7-15(19)21-9-14(18)12-3-5-13(22-2)6-4-12/h3-6,10H,7-9H2,1-2H3. The van der Waals surface area contributed by atoms with Crippen LogP contribution in [0.2, 0.25) is 0 Å². The topological polar surface area (TPSA) is 65.4 Å². The van der Waals surface area contributed by atoms with E-state index in [1.807, 2.05) is 25.3 Å². The third-order valence-corrected chi connectivity index (χ3v) is 4.92. The van der Waals surface area contributed by atoms with Gasteiger partial charge in [-0.25, -0.2) is 0 Å². The molecule has 0 amide bonds. The van der Waals surface area contributed by atoms with E-state index < -0.39 is 5.97 Å². The number of carbonyl (C=O) groups excluding carboxylic acids is 2. The monoisotopic (exact) mass is 351 g/mol. The smallest absolute Gasteiger partial charge is 0.308 e. The van der Waals surface area contributed by atoms with Crippen molar-refractivity contribution < 1.29 is 14.3 Å². The molecule has 0 fully saturated rings. The van der Waals surface area contributed by atoms with Crippen molar-refractivity contribution in [3.63, 3.8) is 0 Å². The molecule has 0 saturated heterocycles. The summed E-state index contributed by atoms with van der Waals surface area (Å²) in [7, 11) is 0. The molecule has 0 atom stereocenters. The van der Waals surface area contributed by atoms with Crippen LogP contribution in [0.1, 0.15) is 22.5 Å². The van der Waals surface area contributed by atoms with E-state index in [-0.39, 0.29) is 30.2 Å². The number of aromatic nitrogens is 1. The maximum atomic E-state index is 12.0. The Hall–Kier alpha value is -1.86. The number of rotatable bonds is 7. The van der Waals surface area contributed by atoms with E-state index >= 15 is 0 Å². The molecule has 1 heterocycles. The minimum Gasteiger partial charge on any atom is -0.457 e. The predicted molar refractivity (Wildman–Crippen MR) is 91.4 cm³/mol. The lowest BCUT2D eigenvalue weighted by atomic mass is 10.1. The molecule has 1 aromatic carbocycles. The summed E-state index contributed by atoms with van der Waals surface area (Å²) in [5, 5.41) is 1.75. The number of esters is 1. The Labute approximate surface area is 142 Å². The molecule has 7 heteroatoms. The Balaban J connectivity index is 1.81. The molecule has 1 aromatic heterocycles. The predicted octanol–water partition coefficient (Wildman–Crippen LogP) is 2.76. The SMILES string of the molecule is CSc1ccc(C(=O)COC(=O)CCn2c(C)csc2=O)cc1. The Morgan fingerprint density at radius 1 is 1.26 bits per heavy atom. The first-order valence-electron chi connectivity index (χ1n) is 6.99. The van der Waals surface area contributed by atoms with E-state index in [1.165, 1.54) is 4.57 Å². The van der Waals surface area contributed by atoms with Gasteiger partial charge in [0, 0.05) is 28.1 Å². The Morgan fingerprint density at radius 3 is 2.52 bits per heavy atom. The maximum Gasteiger partial charge on any atom is 0.308 e. The van der Waals surface area contributed by atoms with Gasteiger partial charge in [0.1, 0.15) is 0 Å². The van der Waals surface area contributed by atoms with Crippen molar-refractivity contribution in [2.24, 2.45) is 0 Å². The highest BCUT2D eigenvalue weighted by Gasteiger charge is 2.11. The van der Waals surface area contributed by atoms with Crippen LogP contribution in [0.4, 0.5) is 0 Å². The van der Waals surface area contributed by atoms with Crippen LogP contribution in [0, 0.1) is 6.92 Å². The second-order valence-electron chi connectivity index (χ2n) is 4.86. The second-order valence-corrected chi connectivity index (χ2v) is 6.56. The summed E-state index contributed by atoms with van der Waals surface area (Å²) in [6.07, 6.45) is 2.02. The number of hydrogen-bond acceptors (Lipinski definition) is 6.